The zero-order chi connectivity index (χ0) is 24.2. The van der Waals surface area contributed by atoms with Crippen LogP contribution in [0.2, 0.25) is 0 Å². The van der Waals surface area contributed by atoms with Gasteiger partial charge in [0.05, 0.1) is 30.2 Å². The van der Waals surface area contributed by atoms with Crippen LogP contribution in [-0.4, -0.2) is 58.4 Å². The molecule has 178 valence electrons. The Hall–Kier alpha value is -2.91. The van der Waals surface area contributed by atoms with Crippen LogP contribution in [0.3, 0.4) is 0 Å². The van der Waals surface area contributed by atoms with Crippen molar-refractivity contribution in [3.8, 4) is 11.5 Å². The first-order chi connectivity index (χ1) is 15.6. The predicted molar refractivity (Wildman–Crippen MR) is 122 cm³/mol. The number of nitrogens with zero attached hydrogens (tertiary/aromatic N) is 1. The molecule has 0 aromatic heterocycles. The Morgan fingerprint density at radius 2 is 1.70 bits per heavy atom. The van der Waals surface area contributed by atoms with Gasteiger partial charge in [-0.3, -0.25) is 4.79 Å². The Bertz CT molecular complexity index is 1120. The maximum atomic E-state index is 13.1. The Labute approximate surface area is 194 Å². The Kier molecular flexibility index (Phi) is 7.76. The fourth-order valence-corrected chi connectivity index (χ4v) is 5.78. The number of hydrogen-bond acceptors (Lipinski definition) is 7. The van der Waals surface area contributed by atoms with Gasteiger partial charge in [-0.25, -0.2) is 13.2 Å². The second-order valence-electron chi connectivity index (χ2n) is 8.36. The van der Waals surface area contributed by atoms with Crippen molar-refractivity contribution in [2.24, 2.45) is 11.8 Å². The van der Waals surface area contributed by atoms with Crippen LogP contribution in [-0.2, 0) is 14.8 Å². The van der Waals surface area contributed by atoms with Crippen molar-refractivity contribution in [1.29, 1.82) is 0 Å². The SMILES string of the molecule is COc1ccc(C(=O)COC(=O)c2cccc(S(=O)(=O)N3CC(C)CC(C)C3)c2)c(OC)c1. The lowest BCUT2D eigenvalue weighted by Gasteiger charge is -2.34. The lowest BCUT2D eigenvalue weighted by atomic mass is 9.94. The summed E-state index contributed by atoms with van der Waals surface area (Å²) >= 11 is 0. The summed E-state index contributed by atoms with van der Waals surface area (Å²) in [6.07, 6.45) is 0.978. The Morgan fingerprint density at radius 1 is 1.00 bits per heavy atom. The predicted octanol–water partition coefficient (Wildman–Crippen LogP) is 3.41. The first kappa shape index (κ1) is 24.7. The normalized spacial score (nSPS) is 19.0. The van der Waals surface area contributed by atoms with E-state index >= 15 is 0 Å². The third-order valence-corrected chi connectivity index (χ3v) is 7.41. The maximum Gasteiger partial charge on any atom is 0.338 e. The molecule has 2 unspecified atom stereocenters. The number of Topliss-reactive ketones (excluding diaryl/α,β-unsaturated/α-hetero) is 1. The van der Waals surface area contributed by atoms with Gasteiger partial charge in [0.15, 0.2) is 6.61 Å². The lowest BCUT2D eigenvalue weighted by molar-refractivity contribution is 0.0473. The number of carbonyl (C=O) groups is 2. The zero-order valence-electron chi connectivity index (χ0n) is 19.2. The molecule has 1 aliphatic rings. The van der Waals surface area contributed by atoms with E-state index < -0.39 is 28.4 Å². The topological polar surface area (TPSA) is 99.2 Å². The van der Waals surface area contributed by atoms with Crippen molar-refractivity contribution in [2.45, 2.75) is 25.2 Å². The minimum atomic E-state index is -3.74. The van der Waals surface area contributed by atoms with Crippen molar-refractivity contribution < 1.29 is 32.2 Å². The van der Waals surface area contributed by atoms with Gasteiger partial charge in [-0.1, -0.05) is 19.9 Å². The summed E-state index contributed by atoms with van der Waals surface area (Å²) in [6, 6.07) is 10.4. The standard InChI is InChI=1S/C24H29NO7S/c1-16-10-17(2)14-25(13-16)33(28,29)20-7-5-6-18(11-20)24(27)32-15-22(26)21-9-8-19(30-3)12-23(21)31-4/h5-9,11-12,16-17H,10,13-15H2,1-4H3. The number of ketones is 1. The van der Waals surface area contributed by atoms with Gasteiger partial charge in [-0.15, -0.1) is 0 Å². The summed E-state index contributed by atoms with van der Waals surface area (Å²) in [5, 5.41) is 0. The van der Waals surface area contributed by atoms with E-state index in [2.05, 4.69) is 0 Å². The summed E-state index contributed by atoms with van der Waals surface area (Å²) in [5.74, 6) is 0.107. The van der Waals surface area contributed by atoms with Crippen LogP contribution >= 0.6 is 0 Å². The van der Waals surface area contributed by atoms with Crippen molar-refractivity contribution in [2.75, 3.05) is 33.9 Å². The number of hydrogen-bond donors (Lipinski definition) is 0. The van der Waals surface area contributed by atoms with E-state index in [1.807, 2.05) is 13.8 Å². The van der Waals surface area contributed by atoms with Gasteiger partial charge in [0.2, 0.25) is 15.8 Å². The van der Waals surface area contributed by atoms with Crippen molar-refractivity contribution in [3.05, 3.63) is 53.6 Å². The average Bonchev–Trinajstić information content (AvgIpc) is 2.81. The summed E-state index contributed by atoms with van der Waals surface area (Å²) in [5.41, 5.74) is 0.305. The highest BCUT2D eigenvalue weighted by molar-refractivity contribution is 7.89. The van der Waals surface area contributed by atoms with E-state index in [1.165, 1.54) is 48.9 Å². The Morgan fingerprint density at radius 3 is 2.33 bits per heavy atom. The highest BCUT2D eigenvalue weighted by atomic mass is 32.2. The number of ether oxygens (including phenoxy) is 3. The molecule has 9 heteroatoms. The summed E-state index contributed by atoms with van der Waals surface area (Å²) in [7, 11) is -0.821. The third-order valence-electron chi connectivity index (χ3n) is 5.59. The van der Waals surface area contributed by atoms with Gasteiger partial charge in [-0.05, 0) is 48.6 Å². The second-order valence-corrected chi connectivity index (χ2v) is 10.3. The molecule has 3 rings (SSSR count). The highest BCUT2D eigenvalue weighted by Crippen LogP contribution is 2.27. The quantitative estimate of drug-likeness (QED) is 0.426. The molecule has 33 heavy (non-hydrogen) atoms. The first-order valence-electron chi connectivity index (χ1n) is 10.7. The molecule has 0 amide bonds. The number of esters is 1. The minimum Gasteiger partial charge on any atom is -0.497 e. The van der Waals surface area contributed by atoms with Gasteiger partial charge in [0.1, 0.15) is 11.5 Å². The van der Waals surface area contributed by atoms with Crippen LogP contribution in [0.25, 0.3) is 0 Å². The van der Waals surface area contributed by atoms with Gasteiger partial charge in [0, 0.05) is 19.2 Å². The molecule has 0 N–H and O–H groups in total. The van der Waals surface area contributed by atoms with Crippen LogP contribution in [0.1, 0.15) is 41.0 Å². The first-order valence-corrected chi connectivity index (χ1v) is 12.1. The lowest BCUT2D eigenvalue weighted by Crippen LogP contribution is -2.42. The van der Waals surface area contributed by atoms with Crippen LogP contribution < -0.4 is 9.47 Å². The van der Waals surface area contributed by atoms with E-state index in [1.54, 1.807) is 12.1 Å². The van der Waals surface area contributed by atoms with Gasteiger partial charge >= 0.3 is 5.97 Å². The molecule has 0 spiro atoms. The molecule has 1 heterocycles. The molecule has 1 aliphatic heterocycles. The van der Waals surface area contributed by atoms with E-state index in [9.17, 15) is 18.0 Å². The van der Waals surface area contributed by atoms with Crippen LogP contribution in [0, 0.1) is 11.8 Å². The van der Waals surface area contributed by atoms with Crippen LogP contribution in [0.4, 0.5) is 0 Å². The molecular formula is C24H29NO7S. The van der Waals surface area contributed by atoms with Gasteiger partial charge < -0.3 is 14.2 Å². The summed E-state index contributed by atoms with van der Waals surface area (Å²) in [6.45, 7) is 4.43. The minimum absolute atomic E-state index is 0.0291. The monoisotopic (exact) mass is 475 g/mol. The summed E-state index contributed by atoms with van der Waals surface area (Å²) < 4.78 is 43.2. The largest absolute Gasteiger partial charge is 0.497 e. The number of sulfonamides is 1. The van der Waals surface area contributed by atoms with Gasteiger partial charge in [0.25, 0.3) is 0 Å². The Balaban J connectivity index is 1.72. The van der Waals surface area contributed by atoms with Crippen LogP contribution in [0.5, 0.6) is 11.5 Å². The fraction of sp³-hybridized carbons (Fsp3) is 0.417. The van der Waals surface area contributed by atoms with Crippen molar-refractivity contribution in [1.82, 2.24) is 4.31 Å². The molecule has 1 fully saturated rings. The third kappa shape index (κ3) is 5.72. The molecule has 1 saturated heterocycles. The van der Waals surface area contributed by atoms with E-state index in [0.717, 1.165) is 6.42 Å². The van der Waals surface area contributed by atoms with E-state index in [-0.39, 0.29) is 27.9 Å². The van der Waals surface area contributed by atoms with Crippen molar-refractivity contribution in [3.63, 3.8) is 0 Å². The van der Waals surface area contributed by atoms with Crippen molar-refractivity contribution >= 4 is 21.8 Å². The number of methoxy groups -OCH3 is 2. The molecule has 2 aromatic rings. The molecule has 0 aliphatic carbocycles. The zero-order valence-corrected chi connectivity index (χ0v) is 20.1. The molecular weight excluding hydrogens is 446 g/mol. The van der Waals surface area contributed by atoms with Gasteiger partial charge in [-0.2, -0.15) is 4.31 Å². The number of rotatable bonds is 8. The molecule has 0 radical (unpaired) electrons. The average molecular weight is 476 g/mol. The molecule has 0 bridgehead atoms. The molecule has 2 aromatic carbocycles. The van der Waals surface area contributed by atoms with E-state index in [0.29, 0.717) is 24.6 Å². The molecule has 8 nitrogen and oxygen atoms in total. The van der Waals surface area contributed by atoms with E-state index in [4.69, 9.17) is 14.2 Å². The van der Waals surface area contributed by atoms with Crippen LogP contribution in [0.15, 0.2) is 47.4 Å². The molecule has 0 saturated carbocycles. The molecule has 2 atom stereocenters. The summed E-state index contributed by atoms with van der Waals surface area (Å²) in [4.78, 5) is 25.1. The fourth-order valence-electron chi connectivity index (χ4n) is 4.06. The number of piperidine rings is 1. The number of carbonyl (C=O) groups excluding carboxylic acids is 2. The second kappa shape index (κ2) is 10.4. The number of benzene rings is 2. The highest BCUT2D eigenvalue weighted by Gasteiger charge is 2.32. The smallest absolute Gasteiger partial charge is 0.338 e. The maximum absolute atomic E-state index is 13.1.